The lowest BCUT2D eigenvalue weighted by atomic mass is 10.1. The van der Waals surface area contributed by atoms with Crippen LogP contribution in [0.2, 0.25) is 5.02 Å². The third kappa shape index (κ3) is 6.42. The van der Waals surface area contributed by atoms with Crippen molar-refractivity contribution in [2.75, 3.05) is 12.4 Å². The molecule has 0 radical (unpaired) electrons. The van der Waals surface area contributed by atoms with Crippen molar-refractivity contribution in [3.63, 3.8) is 0 Å². The van der Waals surface area contributed by atoms with Crippen LogP contribution >= 0.6 is 11.6 Å². The summed E-state index contributed by atoms with van der Waals surface area (Å²) in [4.78, 5) is 24.1. The van der Waals surface area contributed by atoms with Gasteiger partial charge < -0.3 is 14.8 Å². The van der Waals surface area contributed by atoms with E-state index in [1.165, 1.54) is 49.6 Å². The van der Waals surface area contributed by atoms with Crippen molar-refractivity contribution < 1.29 is 23.5 Å². The Morgan fingerprint density at radius 2 is 1.79 bits per heavy atom. The van der Waals surface area contributed by atoms with Crippen LogP contribution in [0.5, 0.6) is 5.75 Å². The van der Waals surface area contributed by atoms with Gasteiger partial charge >= 0.3 is 5.97 Å². The second kappa shape index (κ2) is 10.9. The van der Waals surface area contributed by atoms with Gasteiger partial charge in [0.05, 0.1) is 12.7 Å². The number of carbonyl (C=O) groups is 2. The normalized spacial score (nSPS) is 10.8. The molecule has 3 aromatic carbocycles. The van der Waals surface area contributed by atoms with Crippen molar-refractivity contribution >= 4 is 35.2 Å². The van der Waals surface area contributed by atoms with Gasteiger partial charge in [-0.2, -0.15) is 5.26 Å². The number of nitriles is 1. The number of nitrogens with zero attached hydrogens (tertiary/aromatic N) is 1. The number of ether oxygens (including phenoxy) is 2. The summed E-state index contributed by atoms with van der Waals surface area (Å²) >= 11 is 6.09. The summed E-state index contributed by atoms with van der Waals surface area (Å²) in [7, 11) is 1.27. The molecule has 0 aliphatic heterocycles. The Labute approximate surface area is 194 Å². The van der Waals surface area contributed by atoms with Gasteiger partial charge in [0, 0.05) is 16.3 Å². The second-order valence-corrected chi connectivity index (χ2v) is 7.23. The van der Waals surface area contributed by atoms with Crippen molar-refractivity contribution in [3.05, 3.63) is 99.8 Å². The van der Waals surface area contributed by atoms with Crippen molar-refractivity contribution in [1.29, 1.82) is 5.26 Å². The maximum atomic E-state index is 13.1. The number of hydrogen-bond donors (Lipinski definition) is 1. The molecular formula is C25H18ClFN2O4. The molecule has 8 heteroatoms. The number of carbonyl (C=O) groups excluding carboxylic acids is 2. The number of hydrogen-bond acceptors (Lipinski definition) is 5. The molecule has 33 heavy (non-hydrogen) atoms. The Morgan fingerprint density at radius 3 is 2.42 bits per heavy atom. The molecule has 0 saturated heterocycles. The molecule has 0 unspecified atom stereocenters. The Hall–Kier alpha value is -4.15. The molecule has 0 aliphatic carbocycles. The summed E-state index contributed by atoms with van der Waals surface area (Å²) in [6.45, 7) is 0.156. The Kier molecular flexibility index (Phi) is 7.79. The standard InChI is InChI=1S/C25H18ClFN2O4/c1-32-25(31)17-4-9-22(10-5-17)29-24(30)19(14-28)12-18-13-20(26)6-11-23(18)33-15-16-2-7-21(27)8-3-16/h2-13H,15H2,1H3,(H,29,30)/b19-12+. The molecule has 3 aromatic rings. The smallest absolute Gasteiger partial charge is 0.337 e. The molecule has 6 nitrogen and oxygen atoms in total. The molecular weight excluding hydrogens is 447 g/mol. The third-order valence-electron chi connectivity index (χ3n) is 4.51. The number of methoxy groups -OCH3 is 1. The Morgan fingerprint density at radius 1 is 1.09 bits per heavy atom. The monoisotopic (exact) mass is 464 g/mol. The maximum Gasteiger partial charge on any atom is 0.337 e. The molecule has 0 heterocycles. The Bertz CT molecular complexity index is 1230. The van der Waals surface area contributed by atoms with E-state index in [0.29, 0.717) is 27.6 Å². The number of anilines is 1. The highest BCUT2D eigenvalue weighted by molar-refractivity contribution is 6.30. The number of halogens is 2. The first-order valence-corrected chi connectivity index (χ1v) is 10.1. The molecule has 3 rings (SSSR count). The fraction of sp³-hybridized carbons (Fsp3) is 0.0800. The van der Waals surface area contributed by atoms with Gasteiger partial charge in [0.1, 0.15) is 29.8 Å². The lowest BCUT2D eigenvalue weighted by molar-refractivity contribution is -0.112. The molecule has 0 aliphatic rings. The molecule has 0 bridgehead atoms. The second-order valence-electron chi connectivity index (χ2n) is 6.79. The van der Waals surface area contributed by atoms with E-state index in [9.17, 15) is 19.2 Å². The summed E-state index contributed by atoms with van der Waals surface area (Å²) in [6, 6.07) is 18.6. The van der Waals surface area contributed by atoms with E-state index in [1.54, 1.807) is 30.3 Å². The summed E-state index contributed by atoms with van der Waals surface area (Å²) in [5.74, 6) is -1.10. The minimum atomic E-state index is -0.646. The van der Waals surface area contributed by atoms with E-state index >= 15 is 0 Å². The van der Waals surface area contributed by atoms with Crippen LogP contribution in [-0.4, -0.2) is 19.0 Å². The summed E-state index contributed by atoms with van der Waals surface area (Å²) in [5, 5.41) is 12.5. The predicted molar refractivity (Wildman–Crippen MR) is 122 cm³/mol. The molecule has 166 valence electrons. The van der Waals surface area contributed by atoms with Gasteiger partial charge in [-0.05, 0) is 66.2 Å². The van der Waals surface area contributed by atoms with Gasteiger partial charge in [-0.25, -0.2) is 9.18 Å². The van der Waals surface area contributed by atoms with Crippen molar-refractivity contribution in [1.82, 2.24) is 0 Å². The number of rotatable bonds is 7. The van der Waals surface area contributed by atoms with Crippen LogP contribution in [0.3, 0.4) is 0 Å². The number of esters is 1. The fourth-order valence-corrected chi connectivity index (χ4v) is 3.00. The molecule has 0 saturated carbocycles. The van der Waals surface area contributed by atoms with Crippen LogP contribution in [0.15, 0.2) is 72.3 Å². The van der Waals surface area contributed by atoms with E-state index in [1.807, 2.05) is 6.07 Å². The highest BCUT2D eigenvalue weighted by Gasteiger charge is 2.13. The topological polar surface area (TPSA) is 88.4 Å². The van der Waals surface area contributed by atoms with Crippen LogP contribution in [0.4, 0.5) is 10.1 Å². The highest BCUT2D eigenvalue weighted by Crippen LogP contribution is 2.26. The quantitative estimate of drug-likeness (QED) is 0.287. The number of amides is 1. The molecule has 0 atom stereocenters. The first kappa shape index (κ1) is 23.5. The largest absolute Gasteiger partial charge is 0.488 e. The lowest BCUT2D eigenvalue weighted by Gasteiger charge is -2.11. The lowest BCUT2D eigenvalue weighted by Crippen LogP contribution is -2.13. The van der Waals surface area contributed by atoms with Crippen LogP contribution in [0.25, 0.3) is 6.08 Å². The molecule has 1 amide bonds. The highest BCUT2D eigenvalue weighted by atomic mass is 35.5. The van der Waals surface area contributed by atoms with E-state index in [4.69, 9.17) is 16.3 Å². The van der Waals surface area contributed by atoms with Crippen LogP contribution in [0.1, 0.15) is 21.5 Å². The van der Waals surface area contributed by atoms with Crippen LogP contribution in [0, 0.1) is 17.1 Å². The average molecular weight is 465 g/mol. The van der Waals surface area contributed by atoms with Gasteiger partial charge in [0.15, 0.2) is 0 Å². The first-order valence-electron chi connectivity index (χ1n) is 9.68. The van der Waals surface area contributed by atoms with E-state index in [2.05, 4.69) is 10.1 Å². The minimum Gasteiger partial charge on any atom is -0.488 e. The summed E-state index contributed by atoms with van der Waals surface area (Å²) < 4.78 is 23.5. The number of nitrogens with one attached hydrogen (secondary N) is 1. The Balaban J connectivity index is 1.78. The van der Waals surface area contributed by atoms with Crippen molar-refractivity contribution in [2.24, 2.45) is 0 Å². The maximum absolute atomic E-state index is 13.1. The van der Waals surface area contributed by atoms with Gasteiger partial charge in [0.2, 0.25) is 0 Å². The van der Waals surface area contributed by atoms with Crippen LogP contribution < -0.4 is 10.1 Å². The van der Waals surface area contributed by atoms with E-state index in [-0.39, 0.29) is 18.0 Å². The van der Waals surface area contributed by atoms with Gasteiger partial charge in [0.25, 0.3) is 5.91 Å². The zero-order valence-electron chi connectivity index (χ0n) is 17.5. The molecule has 0 spiro atoms. The zero-order valence-corrected chi connectivity index (χ0v) is 18.2. The number of benzene rings is 3. The molecule has 0 fully saturated rings. The summed E-state index contributed by atoms with van der Waals surface area (Å²) in [5.41, 5.74) is 1.72. The van der Waals surface area contributed by atoms with Crippen molar-refractivity contribution in [2.45, 2.75) is 6.61 Å². The van der Waals surface area contributed by atoms with Gasteiger partial charge in [-0.15, -0.1) is 0 Å². The summed E-state index contributed by atoms with van der Waals surface area (Å²) in [6.07, 6.45) is 1.37. The first-order chi connectivity index (χ1) is 15.9. The molecule has 1 N–H and O–H groups in total. The van der Waals surface area contributed by atoms with E-state index in [0.717, 1.165) is 5.56 Å². The van der Waals surface area contributed by atoms with Crippen molar-refractivity contribution in [3.8, 4) is 11.8 Å². The molecule has 0 aromatic heterocycles. The van der Waals surface area contributed by atoms with Gasteiger partial charge in [-0.1, -0.05) is 23.7 Å². The SMILES string of the molecule is COC(=O)c1ccc(NC(=O)/C(C#N)=C/c2cc(Cl)ccc2OCc2ccc(F)cc2)cc1. The fourth-order valence-electron chi connectivity index (χ4n) is 2.82. The van der Waals surface area contributed by atoms with E-state index < -0.39 is 11.9 Å². The predicted octanol–water partition coefficient (Wildman–Crippen LogP) is 5.39. The average Bonchev–Trinajstić information content (AvgIpc) is 2.82. The van der Waals surface area contributed by atoms with Crippen LogP contribution in [-0.2, 0) is 16.1 Å². The van der Waals surface area contributed by atoms with Gasteiger partial charge in [-0.3, -0.25) is 4.79 Å². The zero-order chi connectivity index (χ0) is 23.8. The minimum absolute atomic E-state index is 0.156. The third-order valence-corrected chi connectivity index (χ3v) is 4.74.